The number of hydrogen-bond acceptors (Lipinski definition) is 9. The number of hydrogen-bond donors (Lipinski definition) is 2. The fourth-order valence-electron chi connectivity index (χ4n) is 4.12. The number of ether oxygens (including phenoxy) is 2. The Labute approximate surface area is 219 Å². The molecule has 0 aliphatic carbocycles. The van der Waals surface area contributed by atoms with Crippen LogP contribution in [-0.4, -0.2) is 52.0 Å². The number of nitriles is 1. The summed E-state index contributed by atoms with van der Waals surface area (Å²) in [6.45, 7) is 7.11. The number of carbonyl (C=O) groups excluding carboxylic acids is 1. The Morgan fingerprint density at radius 2 is 2.08 bits per heavy atom. The summed E-state index contributed by atoms with van der Waals surface area (Å²) in [6.07, 6.45) is 2.47. The number of benzene rings is 1. The number of amides is 1. The molecule has 1 atom stereocenters. The van der Waals surface area contributed by atoms with Crippen LogP contribution in [0.25, 0.3) is 11.3 Å². The number of rotatable bonds is 5. The molecule has 10 nitrogen and oxygen atoms in total. The van der Waals surface area contributed by atoms with E-state index in [-0.39, 0.29) is 24.7 Å². The Morgan fingerprint density at radius 1 is 1.32 bits per heavy atom. The summed E-state index contributed by atoms with van der Waals surface area (Å²) in [5.41, 5.74) is 1.48. The standard InChI is InChI=1S/C26H27ClN6O4/c1-25(2,3)37-24(35)33-13-26(4,14-34)18-9-15(8-16(11-28)21(18)33)19-6-7-29-23(31-19)32-20-10-17(27)12-30-22(20)36-5/h6-10,12,34H,13-14H2,1-5H3,(H,29,31,32). The van der Waals surface area contributed by atoms with Gasteiger partial charge in [0.1, 0.15) is 17.4 Å². The first-order valence-corrected chi connectivity index (χ1v) is 11.9. The first-order valence-electron chi connectivity index (χ1n) is 11.5. The van der Waals surface area contributed by atoms with Gasteiger partial charge in [0.05, 0.1) is 35.7 Å². The molecule has 1 amide bonds. The number of halogens is 1. The molecule has 11 heteroatoms. The predicted molar refractivity (Wildman–Crippen MR) is 139 cm³/mol. The normalized spacial score (nSPS) is 16.6. The molecular formula is C26H27ClN6O4. The first-order chi connectivity index (χ1) is 17.5. The van der Waals surface area contributed by atoms with Crippen molar-refractivity contribution in [3.05, 3.63) is 52.8 Å². The Balaban J connectivity index is 1.77. The minimum Gasteiger partial charge on any atom is -0.480 e. The van der Waals surface area contributed by atoms with Gasteiger partial charge < -0.3 is 19.9 Å². The van der Waals surface area contributed by atoms with Crippen molar-refractivity contribution in [1.82, 2.24) is 15.0 Å². The lowest BCUT2D eigenvalue weighted by Crippen LogP contribution is -2.40. The van der Waals surface area contributed by atoms with Gasteiger partial charge >= 0.3 is 6.09 Å². The highest BCUT2D eigenvalue weighted by Crippen LogP contribution is 2.45. The predicted octanol–water partition coefficient (Wildman–Crippen LogP) is 4.82. The van der Waals surface area contributed by atoms with Gasteiger partial charge in [-0.25, -0.2) is 19.7 Å². The Kier molecular flexibility index (Phi) is 6.95. The van der Waals surface area contributed by atoms with E-state index in [0.29, 0.717) is 39.1 Å². The van der Waals surface area contributed by atoms with Crippen LogP contribution in [0.5, 0.6) is 5.88 Å². The topological polar surface area (TPSA) is 133 Å². The average Bonchev–Trinajstić information content (AvgIpc) is 3.16. The largest absolute Gasteiger partial charge is 0.480 e. The highest BCUT2D eigenvalue weighted by molar-refractivity contribution is 6.30. The molecule has 3 aromatic rings. The lowest BCUT2D eigenvalue weighted by molar-refractivity contribution is 0.0575. The number of anilines is 3. The number of carbonyl (C=O) groups is 1. The Morgan fingerprint density at radius 3 is 2.73 bits per heavy atom. The summed E-state index contributed by atoms with van der Waals surface area (Å²) in [7, 11) is 1.49. The zero-order valence-electron chi connectivity index (χ0n) is 21.2. The van der Waals surface area contributed by atoms with Gasteiger partial charge in [0, 0.05) is 29.9 Å². The number of aliphatic hydroxyl groups excluding tert-OH is 1. The molecular weight excluding hydrogens is 496 g/mol. The van der Waals surface area contributed by atoms with Crippen LogP contribution < -0.4 is 15.0 Å². The van der Waals surface area contributed by atoms with Crippen LogP contribution in [0.1, 0.15) is 38.8 Å². The average molecular weight is 523 g/mol. The highest BCUT2D eigenvalue weighted by atomic mass is 35.5. The van der Waals surface area contributed by atoms with E-state index in [2.05, 4.69) is 26.3 Å². The maximum atomic E-state index is 13.0. The van der Waals surface area contributed by atoms with Crippen molar-refractivity contribution in [2.45, 2.75) is 38.7 Å². The molecule has 1 unspecified atom stereocenters. The van der Waals surface area contributed by atoms with Crippen LogP contribution in [0.2, 0.25) is 5.02 Å². The number of nitrogens with one attached hydrogen (secondary N) is 1. The lowest BCUT2D eigenvalue weighted by Gasteiger charge is -2.26. The van der Waals surface area contributed by atoms with Gasteiger partial charge in [-0.05, 0) is 50.6 Å². The second kappa shape index (κ2) is 9.84. The molecule has 2 N–H and O–H groups in total. The third-order valence-corrected chi connectivity index (χ3v) is 6.04. The number of fused-ring (bicyclic) bond motifs is 1. The smallest absolute Gasteiger partial charge is 0.414 e. The van der Waals surface area contributed by atoms with E-state index in [4.69, 9.17) is 21.1 Å². The SMILES string of the molecule is COc1ncc(Cl)cc1Nc1nccc(-c2cc(C#N)c3c(c2)C(C)(CO)CN3C(=O)OC(C)(C)C)n1. The highest BCUT2D eigenvalue weighted by Gasteiger charge is 2.44. The molecule has 0 saturated carbocycles. The van der Waals surface area contributed by atoms with Crippen LogP contribution in [0, 0.1) is 11.3 Å². The van der Waals surface area contributed by atoms with Gasteiger partial charge in [0.2, 0.25) is 11.8 Å². The summed E-state index contributed by atoms with van der Waals surface area (Å²) in [5, 5.41) is 23.8. The third kappa shape index (κ3) is 5.28. The number of pyridine rings is 1. The van der Waals surface area contributed by atoms with E-state index in [9.17, 15) is 15.2 Å². The van der Waals surface area contributed by atoms with Crippen molar-refractivity contribution >= 4 is 35.0 Å². The molecule has 0 bridgehead atoms. The maximum absolute atomic E-state index is 13.0. The fraction of sp³-hybridized carbons (Fsp3) is 0.346. The molecule has 192 valence electrons. The van der Waals surface area contributed by atoms with E-state index >= 15 is 0 Å². The molecule has 1 aliphatic heterocycles. The van der Waals surface area contributed by atoms with Crippen molar-refractivity contribution in [1.29, 1.82) is 5.26 Å². The first kappa shape index (κ1) is 26.1. The van der Waals surface area contributed by atoms with Crippen LogP contribution in [0.4, 0.5) is 22.1 Å². The van der Waals surface area contributed by atoms with Crippen LogP contribution >= 0.6 is 11.6 Å². The number of methoxy groups -OCH3 is 1. The summed E-state index contributed by atoms with van der Waals surface area (Å²) in [4.78, 5) is 27.4. The second-order valence-corrected chi connectivity index (χ2v) is 10.4. The quantitative estimate of drug-likeness (QED) is 0.483. The molecule has 0 spiro atoms. The van der Waals surface area contributed by atoms with Gasteiger partial charge in [0.15, 0.2) is 0 Å². The minimum absolute atomic E-state index is 0.171. The summed E-state index contributed by atoms with van der Waals surface area (Å²) >= 11 is 6.08. The molecule has 2 aromatic heterocycles. The molecule has 1 aromatic carbocycles. The van der Waals surface area contributed by atoms with Crippen LogP contribution in [0.3, 0.4) is 0 Å². The van der Waals surface area contributed by atoms with Crippen molar-refractivity contribution in [3.63, 3.8) is 0 Å². The third-order valence-electron chi connectivity index (χ3n) is 5.83. The van der Waals surface area contributed by atoms with Gasteiger partial charge in [-0.15, -0.1) is 0 Å². The van der Waals surface area contributed by atoms with Crippen LogP contribution in [-0.2, 0) is 10.2 Å². The van der Waals surface area contributed by atoms with Crippen molar-refractivity contribution < 1.29 is 19.4 Å². The van der Waals surface area contributed by atoms with E-state index in [0.717, 1.165) is 0 Å². The van der Waals surface area contributed by atoms with Crippen molar-refractivity contribution in [2.24, 2.45) is 0 Å². The molecule has 0 saturated heterocycles. The zero-order valence-corrected chi connectivity index (χ0v) is 21.9. The van der Waals surface area contributed by atoms with Crippen molar-refractivity contribution in [2.75, 3.05) is 30.5 Å². The Bertz CT molecular complexity index is 1400. The lowest BCUT2D eigenvalue weighted by atomic mass is 9.83. The molecule has 0 fully saturated rings. The summed E-state index contributed by atoms with van der Waals surface area (Å²) in [5.74, 6) is 0.586. The maximum Gasteiger partial charge on any atom is 0.414 e. The molecule has 1 aliphatic rings. The van der Waals surface area contributed by atoms with E-state index in [1.807, 2.05) is 13.0 Å². The number of aromatic nitrogens is 3. The monoisotopic (exact) mass is 522 g/mol. The van der Waals surface area contributed by atoms with E-state index in [1.54, 1.807) is 45.2 Å². The van der Waals surface area contributed by atoms with E-state index in [1.165, 1.54) is 18.2 Å². The Hall–Kier alpha value is -3.94. The summed E-state index contributed by atoms with van der Waals surface area (Å²) < 4.78 is 10.8. The molecule has 0 radical (unpaired) electrons. The van der Waals surface area contributed by atoms with Gasteiger partial charge in [-0.1, -0.05) is 18.5 Å². The van der Waals surface area contributed by atoms with Gasteiger partial charge in [-0.2, -0.15) is 5.26 Å². The van der Waals surface area contributed by atoms with Gasteiger partial charge in [0.25, 0.3) is 0 Å². The molecule has 37 heavy (non-hydrogen) atoms. The van der Waals surface area contributed by atoms with Crippen molar-refractivity contribution in [3.8, 4) is 23.2 Å². The molecule has 4 rings (SSSR count). The number of nitrogens with zero attached hydrogens (tertiary/aromatic N) is 5. The molecule has 3 heterocycles. The fourth-order valence-corrected chi connectivity index (χ4v) is 4.28. The zero-order chi connectivity index (χ0) is 27.0. The minimum atomic E-state index is -0.804. The summed E-state index contributed by atoms with van der Waals surface area (Å²) in [6, 6.07) is 9.04. The van der Waals surface area contributed by atoms with E-state index < -0.39 is 17.1 Å². The van der Waals surface area contributed by atoms with Gasteiger partial charge in [-0.3, -0.25) is 4.90 Å². The second-order valence-electron chi connectivity index (χ2n) is 9.92. The van der Waals surface area contributed by atoms with Crippen LogP contribution in [0.15, 0.2) is 36.7 Å². The number of aliphatic hydroxyl groups is 1.